The third-order valence-electron chi connectivity index (χ3n) is 7.46. The molecule has 13 heteroatoms. The molecule has 0 atom stereocenters. The maximum Gasteiger partial charge on any atom is 0.198 e. The minimum absolute atomic E-state index is 0. The molecule has 5 heterocycles. The molecule has 9 rings (SSSR count). The van der Waals surface area contributed by atoms with Crippen molar-refractivity contribution in [1.29, 1.82) is 0 Å². The van der Waals surface area contributed by atoms with Crippen LogP contribution in [0.4, 0.5) is 0 Å². The van der Waals surface area contributed by atoms with Gasteiger partial charge in [0, 0.05) is 60.9 Å². The van der Waals surface area contributed by atoms with Gasteiger partial charge >= 0.3 is 0 Å². The normalized spacial score (nSPS) is 11.4. The third-order valence-corrected chi connectivity index (χ3v) is 7.46. The van der Waals surface area contributed by atoms with Crippen LogP contribution in [0.5, 0.6) is 0 Å². The zero-order chi connectivity index (χ0) is 29.8. The molecule has 0 aliphatic carbocycles. The fourth-order valence-corrected chi connectivity index (χ4v) is 5.59. The van der Waals surface area contributed by atoms with Crippen LogP contribution in [0, 0.1) is 0 Å². The van der Waals surface area contributed by atoms with Crippen molar-refractivity contribution in [1.82, 2.24) is 39.9 Å². The van der Waals surface area contributed by atoms with Crippen LogP contribution in [0.25, 0.3) is 89.7 Å². The van der Waals surface area contributed by atoms with Gasteiger partial charge in [-0.15, -0.1) is 0 Å². The summed E-state index contributed by atoms with van der Waals surface area (Å²) < 4.78 is 17.6. The maximum absolute atomic E-state index is 8.81. The predicted molar refractivity (Wildman–Crippen MR) is 171 cm³/mol. The zero-order valence-electron chi connectivity index (χ0n) is 23.1. The van der Waals surface area contributed by atoms with Crippen molar-refractivity contribution in [2.24, 2.45) is 5.14 Å². The molecule has 7 aromatic rings. The molecule has 0 fully saturated rings. The Balaban J connectivity index is 0.000000617. The summed E-state index contributed by atoms with van der Waals surface area (Å²) in [4.78, 5) is 36.8. The second kappa shape index (κ2) is 11.3. The number of benzene rings is 4. The van der Waals surface area contributed by atoms with Crippen molar-refractivity contribution in [2.75, 3.05) is 0 Å². The molecule has 8 bridgehead atoms. The summed E-state index contributed by atoms with van der Waals surface area (Å²) in [7, 11) is -2.62. The molecule has 0 saturated heterocycles. The molecule has 2 aliphatic rings. The van der Waals surface area contributed by atoms with Crippen molar-refractivity contribution in [3.8, 4) is 45.6 Å². The SMILES string of the molecule is N[SH](=O)=O.[Cu].c1ccc2c(c1)-c1nc-2nc2[nH]c(nc3nc(nc4[nH]c(n1)c1ccccc41)-c1ccccc1-3)c1ccccc21. The van der Waals surface area contributed by atoms with E-state index in [2.05, 4.69) is 15.1 Å². The molecule has 0 unspecified atom stereocenters. The van der Waals surface area contributed by atoms with Crippen LogP contribution in [0.15, 0.2) is 97.1 Å². The Hall–Kier alpha value is -5.33. The van der Waals surface area contributed by atoms with Crippen LogP contribution < -0.4 is 5.14 Å². The van der Waals surface area contributed by atoms with Gasteiger partial charge in [0.05, 0.1) is 0 Å². The van der Waals surface area contributed by atoms with Crippen molar-refractivity contribution < 1.29 is 25.5 Å². The first-order chi connectivity index (χ1) is 21.5. The van der Waals surface area contributed by atoms with Crippen molar-refractivity contribution in [3.05, 3.63) is 97.1 Å². The van der Waals surface area contributed by atoms with Crippen LogP contribution in [0.1, 0.15) is 0 Å². The molecule has 0 spiro atoms. The first-order valence-corrected chi connectivity index (χ1v) is 14.9. The van der Waals surface area contributed by atoms with E-state index in [1.165, 1.54) is 0 Å². The summed E-state index contributed by atoms with van der Waals surface area (Å²) in [5.74, 6) is 2.39. The van der Waals surface area contributed by atoms with E-state index >= 15 is 0 Å². The van der Waals surface area contributed by atoms with Gasteiger partial charge in [-0.1, -0.05) is 97.1 Å². The molecule has 45 heavy (non-hydrogen) atoms. The Morgan fingerprint density at radius 2 is 0.644 bits per heavy atom. The largest absolute Gasteiger partial charge is 0.324 e. The number of H-pyrrole nitrogens is 2. The topological polar surface area (TPSA) is 169 Å². The van der Waals surface area contributed by atoms with E-state index in [1.807, 2.05) is 97.1 Å². The quantitative estimate of drug-likeness (QED) is 0.125. The first kappa shape index (κ1) is 28.4. The van der Waals surface area contributed by atoms with E-state index < -0.39 is 10.9 Å². The molecule has 4 N–H and O–H groups in total. The average molecular weight is 659 g/mol. The molecule has 223 valence electrons. The van der Waals surface area contributed by atoms with Gasteiger partial charge in [0.2, 0.25) is 0 Å². The summed E-state index contributed by atoms with van der Waals surface area (Å²) in [5, 5.41) is 7.89. The van der Waals surface area contributed by atoms with Gasteiger partial charge in [-0.25, -0.2) is 43.5 Å². The summed E-state index contributed by atoms with van der Waals surface area (Å²) in [6, 6.07) is 32.2. The van der Waals surface area contributed by atoms with Crippen LogP contribution >= 0.6 is 0 Å². The summed E-state index contributed by atoms with van der Waals surface area (Å²) in [6.07, 6.45) is 0. The number of hydrogen-bond acceptors (Lipinski definition) is 8. The van der Waals surface area contributed by atoms with Crippen molar-refractivity contribution >= 4 is 55.0 Å². The van der Waals surface area contributed by atoms with Crippen LogP contribution in [0.3, 0.4) is 0 Å². The maximum atomic E-state index is 8.81. The molecule has 4 aromatic carbocycles. The zero-order valence-corrected chi connectivity index (χ0v) is 24.9. The smallest absolute Gasteiger partial charge is 0.198 e. The molecule has 3 aromatic heterocycles. The minimum atomic E-state index is -2.62. The molecule has 2 aliphatic heterocycles. The van der Waals surface area contributed by atoms with Crippen LogP contribution in [-0.2, 0) is 28.0 Å². The molecular weight excluding hydrogens is 638 g/mol. The van der Waals surface area contributed by atoms with Crippen LogP contribution in [-0.4, -0.2) is 48.3 Å². The van der Waals surface area contributed by atoms with Crippen molar-refractivity contribution in [2.45, 2.75) is 0 Å². The first-order valence-electron chi connectivity index (χ1n) is 13.6. The van der Waals surface area contributed by atoms with E-state index in [1.54, 1.807) is 0 Å². The van der Waals surface area contributed by atoms with E-state index in [9.17, 15) is 0 Å². The molecule has 0 amide bonds. The number of thiol groups is 1. The van der Waals surface area contributed by atoms with Gasteiger partial charge in [-0.2, -0.15) is 0 Å². The van der Waals surface area contributed by atoms with Gasteiger partial charge in [0.15, 0.2) is 34.2 Å². The molecule has 0 saturated carbocycles. The number of aromatic amines is 2. The van der Waals surface area contributed by atoms with E-state index in [0.29, 0.717) is 45.9 Å². The number of fused-ring (bicyclic) bond motifs is 20. The summed E-state index contributed by atoms with van der Waals surface area (Å²) in [5.41, 5.74) is 6.45. The number of nitrogens with one attached hydrogen (secondary N) is 2. The Morgan fingerprint density at radius 1 is 0.422 bits per heavy atom. The molecular formula is C32H21CuN9O2S. The average Bonchev–Trinajstić information content (AvgIpc) is 3.76. The Morgan fingerprint density at radius 3 is 0.889 bits per heavy atom. The minimum Gasteiger partial charge on any atom is -0.324 e. The van der Waals surface area contributed by atoms with Crippen molar-refractivity contribution in [3.63, 3.8) is 0 Å². The van der Waals surface area contributed by atoms with Gasteiger partial charge < -0.3 is 9.97 Å². The van der Waals surface area contributed by atoms with Crippen LogP contribution in [0.2, 0.25) is 0 Å². The number of rotatable bonds is 0. The fourth-order valence-electron chi connectivity index (χ4n) is 5.59. The number of hydrogen-bond donors (Lipinski definition) is 4. The number of aromatic nitrogens is 8. The molecule has 11 nitrogen and oxygen atoms in total. The standard InChI is InChI=1S/C32H18N8.Cu.H3NO2S/c1-2-10-18-17(9-1)25-33-26(18)38-28-21-13-5-6-14-22(21)30(35-28)40-32-24-16-8-7-15-23(24)31(36-32)39-29-20-12-4-3-11-19(20)27(34-29)37-25;;1-4(2)3/h1-16H,(H2,33,34,35,36,37,38,39,40);;4H,(H2,1,2,3). The van der Waals surface area contributed by atoms with Gasteiger partial charge in [-0.3, -0.25) is 0 Å². The third kappa shape index (κ3) is 4.93. The Labute approximate surface area is 267 Å². The van der Waals surface area contributed by atoms with Gasteiger partial charge in [0.25, 0.3) is 0 Å². The number of nitrogens with two attached hydrogens (primary N) is 1. The Kier molecular flexibility index (Phi) is 7.14. The number of nitrogens with zero attached hydrogens (tertiary/aromatic N) is 6. The second-order valence-electron chi connectivity index (χ2n) is 10.1. The fraction of sp³-hybridized carbons (Fsp3) is 0. The Bertz CT molecular complexity index is 2210. The predicted octanol–water partition coefficient (Wildman–Crippen LogP) is 5.34. The van der Waals surface area contributed by atoms with E-state index in [-0.39, 0.29) is 17.1 Å². The van der Waals surface area contributed by atoms with E-state index in [4.69, 9.17) is 38.3 Å². The van der Waals surface area contributed by atoms with E-state index in [0.717, 1.165) is 43.8 Å². The molecule has 1 radical (unpaired) electrons. The second-order valence-corrected chi connectivity index (χ2v) is 10.6. The van der Waals surface area contributed by atoms with Gasteiger partial charge in [-0.05, 0) is 0 Å². The summed E-state index contributed by atoms with van der Waals surface area (Å²) in [6.45, 7) is 0. The van der Waals surface area contributed by atoms with Gasteiger partial charge in [0.1, 0.15) is 22.6 Å². The monoisotopic (exact) mass is 658 g/mol. The summed E-state index contributed by atoms with van der Waals surface area (Å²) >= 11 is 0.